The van der Waals surface area contributed by atoms with Gasteiger partial charge < -0.3 is 15.5 Å². The normalized spacial score (nSPS) is 11.4. The Morgan fingerprint density at radius 2 is 2.13 bits per heavy atom. The summed E-state index contributed by atoms with van der Waals surface area (Å²) in [5, 5.41) is 5.30. The summed E-state index contributed by atoms with van der Waals surface area (Å²) in [5.74, 6) is 0.423. The number of nitrogen functional groups attached to an aromatic ring is 1. The van der Waals surface area contributed by atoms with E-state index in [0.717, 1.165) is 0 Å². The van der Waals surface area contributed by atoms with E-state index in [1.54, 1.807) is 29.9 Å². The second kappa shape index (κ2) is 4.67. The number of fused-ring (bicyclic) bond motifs is 2. The average molecular weight is 312 g/mol. The van der Waals surface area contributed by atoms with Gasteiger partial charge in [-0.05, 0) is 18.2 Å². The zero-order valence-corrected chi connectivity index (χ0v) is 12.5. The van der Waals surface area contributed by atoms with Crippen LogP contribution in [0.5, 0.6) is 5.75 Å². The molecule has 3 N–H and O–H groups in total. The second-order valence-electron chi connectivity index (χ2n) is 5.16. The standard InChI is InChI=1S/C15H13FN6O/c1-22-15-10(14(17)18-6-19-15)12(21-22)13-11(16)8-5-7(23-2)3-4-9(8)20-13/h3-6,20H,1-2H3,(H2,17,18,19). The Kier molecular flexibility index (Phi) is 2.74. The minimum atomic E-state index is -0.415. The van der Waals surface area contributed by atoms with Gasteiger partial charge in [-0.3, -0.25) is 0 Å². The number of aryl methyl sites for hydroxylation is 1. The first kappa shape index (κ1) is 13.5. The second-order valence-corrected chi connectivity index (χ2v) is 5.16. The lowest BCUT2D eigenvalue weighted by Gasteiger charge is -1.98. The number of methoxy groups -OCH3 is 1. The van der Waals surface area contributed by atoms with Crippen molar-refractivity contribution in [1.29, 1.82) is 0 Å². The van der Waals surface area contributed by atoms with Crippen molar-refractivity contribution in [3.63, 3.8) is 0 Å². The molecule has 7 nitrogen and oxygen atoms in total. The summed E-state index contributed by atoms with van der Waals surface area (Å²) in [4.78, 5) is 11.2. The third kappa shape index (κ3) is 1.84. The first-order valence-electron chi connectivity index (χ1n) is 6.89. The number of nitrogens with zero attached hydrogens (tertiary/aromatic N) is 4. The van der Waals surface area contributed by atoms with Gasteiger partial charge in [0.25, 0.3) is 0 Å². The number of ether oxygens (including phenoxy) is 1. The fourth-order valence-corrected chi connectivity index (χ4v) is 2.71. The van der Waals surface area contributed by atoms with E-state index in [9.17, 15) is 4.39 Å². The predicted molar refractivity (Wildman–Crippen MR) is 84.5 cm³/mol. The third-order valence-corrected chi connectivity index (χ3v) is 3.83. The van der Waals surface area contributed by atoms with Gasteiger partial charge in [-0.15, -0.1) is 0 Å². The van der Waals surface area contributed by atoms with Crippen molar-refractivity contribution in [1.82, 2.24) is 24.7 Å². The number of nitrogens with two attached hydrogens (primary N) is 1. The predicted octanol–water partition coefficient (Wildman–Crippen LogP) is 2.24. The highest BCUT2D eigenvalue weighted by Crippen LogP contribution is 2.35. The third-order valence-electron chi connectivity index (χ3n) is 3.83. The smallest absolute Gasteiger partial charge is 0.163 e. The molecule has 4 aromatic rings. The number of hydrogen-bond donors (Lipinski definition) is 2. The monoisotopic (exact) mass is 312 g/mol. The van der Waals surface area contributed by atoms with Crippen LogP contribution in [0.25, 0.3) is 33.3 Å². The molecule has 0 aliphatic heterocycles. The summed E-state index contributed by atoms with van der Waals surface area (Å²) >= 11 is 0. The molecule has 0 atom stereocenters. The van der Waals surface area contributed by atoms with Gasteiger partial charge in [0.05, 0.1) is 12.5 Å². The van der Waals surface area contributed by atoms with Crippen LogP contribution < -0.4 is 10.5 Å². The van der Waals surface area contributed by atoms with Gasteiger partial charge in [-0.2, -0.15) is 5.10 Å². The highest BCUT2D eigenvalue weighted by atomic mass is 19.1. The largest absolute Gasteiger partial charge is 0.497 e. The van der Waals surface area contributed by atoms with E-state index in [1.165, 1.54) is 13.4 Å². The number of nitrogens with one attached hydrogen (secondary N) is 1. The number of H-pyrrole nitrogens is 1. The fourth-order valence-electron chi connectivity index (χ4n) is 2.71. The van der Waals surface area contributed by atoms with Gasteiger partial charge in [-0.25, -0.2) is 19.0 Å². The zero-order valence-electron chi connectivity index (χ0n) is 12.5. The molecule has 0 saturated carbocycles. The lowest BCUT2D eigenvalue weighted by Crippen LogP contribution is -1.95. The van der Waals surface area contributed by atoms with E-state index in [2.05, 4.69) is 20.1 Å². The molecule has 0 unspecified atom stereocenters. The number of benzene rings is 1. The lowest BCUT2D eigenvalue weighted by molar-refractivity contribution is 0.415. The molecule has 0 fully saturated rings. The molecule has 0 aliphatic rings. The van der Waals surface area contributed by atoms with E-state index in [4.69, 9.17) is 10.5 Å². The number of hydrogen-bond acceptors (Lipinski definition) is 5. The molecule has 0 bridgehead atoms. The van der Waals surface area contributed by atoms with E-state index >= 15 is 0 Å². The number of rotatable bonds is 2. The van der Waals surface area contributed by atoms with Crippen LogP contribution in [0.15, 0.2) is 24.5 Å². The van der Waals surface area contributed by atoms with Crippen LogP contribution in [-0.2, 0) is 7.05 Å². The number of aromatic amines is 1. The van der Waals surface area contributed by atoms with Crippen LogP contribution in [-0.4, -0.2) is 31.8 Å². The quantitative estimate of drug-likeness (QED) is 0.592. The molecule has 3 aromatic heterocycles. The van der Waals surface area contributed by atoms with Crippen LogP contribution in [0.1, 0.15) is 0 Å². The van der Waals surface area contributed by atoms with Gasteiger partial charge in [0.1, 0.15) is 29.3 Å². The minimum absolute atomic E-state index is 0.250. The Hall–Kier alpha value is -3.16. The van der Waals surface area contributed by atoms with Crippen LogP contribution in [0.3, 0.4) is 0 Å². The van der Waals surface area contributed by atoms with Gasteiger partial charge in [0.15, 0.2) is 11.5 Å². The topological polar surface area (TPSA) is 94.6 Å². The van der Waals surface area contributed by atoms with Crippen molar-refractivity contribution < 1.29 is 9.13 Å². The van der Waals surface area contributed by atoms with E-state index < -0.39 is 5.82 Å². The lowest BCUT2D eigenvalue weighted by atomic mass is 10.2. The highest BCUT2D eigenvalue weighted by molar-refractivity contribution is 6.00. The number of aromatic nitrogens is 5. The zero-order chi connectivity index (χ0) is 16.1. The Labute approximate surface area is 129 Å². The fraction of sp³-hybridized carbons (Fsp3) is 0.133. The van der Waals surface area contributed by atoms with E-state index in [1.807, 2.05) is 0 Å². The maximum Gasteiger partial charge on any atom is 0.163 e. The molecule has 0 aliphatic carbocycles. The Morgan fingerprint density at radius 3 is 2.91 bits per heavy atom. The summed E-state index contributed by atoms with van der Waals surface area (Å²) in [7, 11) is 3.26. The Bertz CT molecular complexity index is 1050. The molecule has 3 heterocycles. The van der Waals surface area contributed by atoms with Crippen molar-refractivity contribution in [3.05, 3.63) is 30.3 Å². The Balaban J connectivity index is 2.05. The van der Waals surface area contributed by atoms with Gasteiger partial charge >= 0.3 is 0 Å². The SMILES string of the molecule is COc1ccc2[nH]c(-c3nn(C)c4ncnc(N)c34)c(F)c2c1. The Morgan fingerprint density at radius 1 is 1.30 bits per heavy atom. The molecule has 116 valence electrons. The van der Waals surface area contributed by atoms with Crippen LogP contribution >= 0.6 is 0 Å². The maximum atomic E-state index is 14.9. The highest BCUT2D eigenvalue weighted by Gasteiger charge is 2.21. The van der Waals surface area contributed by atoms with Gasteiger partial charge in [0.2, 0.25) is 0 Å². The molecule has 8 heteroatoms. The summed E-state index contributed by atoms with van der Waals surface area (Å²) < 4.78 is 21.6. The van der Waals surface area contributed by atoms with Gasteiger partial charge in [-0.1, -0.05) is 0 Å². The molecule has 1 aromatic carbocycles. The maximum absolute atomic E-state index is 14.9. The molecular weight excluding hydrogens is 299 g/mol. The van der Waals surface area contributed by atoms with Crippen molar-refractivity contribution in [3.8, 4) is 17.1 Å². The van der Waals surface area contributed by atoms with Crippen LogP contribution in [0.2, 0.25) is 0 Å². The van der Waals surface area contributed by atoms with Crippen LogP contribution in [0, 0.1) is 5.82 Å². The van der Waals surface area contributed by atoms with Crippen LogP contribution in [0.4, 0.5) is 10.2 Å². The van der Waals surface area contributed by atoms with E-state index in [-0.39, 0.29) is 11.5 Å². The molecular formula is C15H13FN6O. The molecule has 0 spiro atoms. The summed E-state index contributed by atoms with van der Waals surface area (Å²) in [6.45, 7) is 0. The first-order chi connectivity index (χ1) is 11.1. The molecule has 23 heavy (non-hydrogen) atoms. The molecule has 0 amide bonds. The average Bonchev–Trinajstić information content (AvgIpc) is 3.06. The van der Waals surface area contributed by atoms with Gasteiger partial charge in [0, 0.05) is 18.0 Å². The van der Waals surface area contributed by atoms with Crippen molar-refractivity contribution in [2.75, 3.05) is 12.8 Å². The molecule has 0 saturated heterocycles. The minimum Gasteiger partial charge on any atom is -0.497 e. The van der Waals surface area contributed by atoms with E-state index in [0.29, 0.717) is 33.4 Å². The molecule has 4 rings (SSSR count). The number of anilines is 1. The summed E-state index contributed by atoms with van der Waals surface area (Å²) in [5.41, 5.74) is 7.76. The van der Waals surface area contributed by atoms with Crippen molar-refractivity contribution in [2.24, 2.45) is 7.05 Å². The number of halogens is 1. The van der Waals surface area contributed by atoms with Crippen molar-refractivity contribution >= 4 is 27.8 Å². The summed E-state index contributed by atoms with van der Waals surface area (Å²) in [6.07, 6.45) is 1.36. The molecule has 0 radical (unpaired) electrons. The van der Waals surface area contributed by atoms with Crippen molar-refractivity contribution in [2.45, 2.75) is 0 Å². The first-order valence-corrected chi connectivity index (χ1v) is 6.89. The summed E-state index contributed by atoms with van der Waals surface area (Å²) in [6, 6.07) is 5.15.